The Morgan fingerprint density at radius 1 is 0.762 bits per heavy atom. The van der Waals surface area contributed by atoms with Gasteiger partial charge in [-0.25, -0.2) is 0 Å². The summed E-state index contributed by atoms with van der Waals surface area (Å²) >= 11 is 0. The molecule has 224 valence electrons. The number of rotatable bonds is 13. The third-order valence-corrected chi connectivity index (χ3v) is 7.40. The Morgan fingerprint density at radius 2 is 1.36 bits per heavy atom. The molecule has 0 aromatic heterocycles. The van der Waals surface area contributed by atoms with E-state index in [0.717, 1.165) is 0 Å². The fourth-order valence-electron chi connectivity index (χ4n) is 5.00. The van der Waals surface area contributed by atoms with Gasteiger partial charge in [0.2, 0.25) is 5.91 Å². The van der Waals surface area contributed by atoms with E-state index in [4.69, 9.17) is 9.47 Å². The summed E-state index contributed by atoms with van der Waals surface area (Å²) in [6.45, 7) is 7.40. The Balaban J connectivity index is 1.69. The summed E-state index contributed by atoms with van der Waals surface area (Å²) in [4.78, 5) is 75.8. The molecule has 0 bridgehead atoms. The van der Waals surface area contributed by atoms with Crippen molar-refractivity contribution in [3.8, 4) is 0 Å². The molecule has 10 heteroatoms. The van der Waals surface area contributed by atoms with Crippen LogP contribution in [0.1, 0.15) is 77.9 Å². The van der Waals surface area contributed by atoms with Gasteiger partial charge in [-0.2, -0.15) is 0 Å². The zero-order chi connectivity index (χ0) is 31.1. The molecule has 10 nitrogen and oxygen atoms in total. The van der Waals surface area contributed by atoms with Crippen molar-refractivity contribution in [2.45, 2.75) is 53.0 Å². The number of nitrogens with one attached hydrogen (secondary N) is 2. The first kappa shape index (κ1) is 32.3. The molecule has 1 aliphatic rings. The van der Waals surface area contributed by atoms with Crippen LogP contribution in [0.15, 0.2) is 36.4 Å². The summed E-state index contributed by atoms with van der Waals surface area (Å²) in [6.07, 6.45) is 0.415. The predicted octanol–water partition coefficient (Wildman–Crippen LogP) is 3.52. The van der Waals surface area contributed by atoms with Gasteiger partial charge in [0.1, 0.15) is 6.04 Å². The molecule has 0 saturated carbocycles. The zero-order valence-electron chi connectivity index (χ0n) is 24.9. The predicted molar refractivity (Wildman–Crippen MR) is 155 cm³/mol. The first-order chi connectivity index (χ1) is 19.9. The minimum absolute atomic E-state index is 0.0109. The molecule has 0 saturated heterocycles. The molecular formula is C32H38N2O8. The van der Waals surface area contributed by atoms with Crippen molar-refractivity contribution < 1.29 is 38.2 Å². The summed E-state index contributed by atoms with van der Waals surface area (Å²) in [7, 11) is 2.61. The highest BCUT2D eigenvalue weighted by molar-refractivity contribution is 6.28. The monoisotopic (exact) mass is 578 g/mol. The van der Waals surface area contributed by atoms with E-state index in [0.29, 0.717) is 17.7 Å². The highest BCUT2D eigenvalue weighted by atomic mass is 16.5. The van der Waals surface area contributed by atoms with Crippen molar-refractivity contribution in [1.29, 1.82) is 0 Å². The Morgan fingerprint density at radius 3 is 1.93 bits per heavy atom. The lowest BCUT2D eigenvalue weighted by Crippen LogP contribution is -2.44. The molecule has 0 aliphatic heterocycles. The van der Waals surface area contributed by atoms with Crippen LogP contribution >= 0.6 is 0 Å². The van der Waals surface area contributed by atoms with Crippen LogP contribution in [0.3, 0.4) is 0 Å². The maximum absolute atomic E-state index is 13.3. The van der Waals surface area contributed by atoms with E-state index in [9.17, 15) is 28.8 Å². The maximum atomic E-state index is 13.3. The van der Waals surface area contributed by atoms with Crippen LogP contribution in [0.5, 0.6) is 0 Å². The average Bonchev–Trinajstić information content (AvgIpc) is 2.95. The number of carbonyl (C=O) groups is 6. The van der Waals surface area contributed by atoms with Crippen LogP contribution in [0.25, 0.3) is 0 Å². The molecule has 42 heavy (non-hydrogen) atoms. The minimum Gasteiger partial charge on any atom is -0.469 e. The second kappa shape index (κ2) is 14.1. The van der Waals surface area contributed by atoms with Crippen molar-refractivity contribution in [1.82, 2.24) is 5.32 Å². The molecule has 2 aromatic rings. The number of ether oxygens (including phenoxy) is 2. The number of ketones is 3. The third kappa shape index (κ3) is 7.55. The molecule has 3 rings (SSSR count). The second-order valence-electron chi connectivity index (χ2n) is 11.1. The Kier molecular flexibility index (Phi) is 10.9. The summed E-state index contributed by atoms with van der Waals surface area (Å²) in [6, 6.07) is 8.63. The Hall–Kier alpha value is -4.18. The van der Waals surface area contributed by atoms with E-state index in [2.05, 4.69) is 10.6 Å². The molecule has 0 fully saturated rings. The molecule has 1 amide bonds. The molecule has 2 aromatic carbocycles. The van der Waals surface area contributed by atoms with Gasteiger partial charge in [-0.1, -0.05) is 39.8 Å². The first-order valence-corrected chi connectivity index (χ1v) is 13.9. The first-order valence-electron chi connectivity index (χ1n) is 13.9. The zero-order valence-corrected chi connectivity index (χ0v) is 24.9. The van der Waals surface area contributed by atoms with E-state index in [1.807, 2.05) is 27.7 Å². The van der Waals surface area contributed by atoms with Gasteiger partial charge in [0.25, 0.3) is 0 Å². The molecule has 0 spiro atoms. The van der Waals surface area contributed by atoms with E-state index in [-0.39, 0.29) is 82.7 Å². The highest BCUT2D eigenvalue weighted by Gasteiger charge is 2.31. The average molecular weight is 579 g/mol. The lowest BCUT2D eigenvalue weighted by Gasteiger charge is -2.20. The van der Waals surface area contributed by atoms with Crippen molar-refractivity contribution in [3.63, 3.8) is 0 Å². The normalized spacial score (nSPS) is 13.7. The Labute approximate surface area is 245 Å². The van der Waals surface area contributed by atoms with E-state index >= 15 is 0 Å². The lowest BCUT2D eigenvalue weighted by molar-refractivity contribution is -0.147. The number of methoxy groups -OCH3 is 2. The van der Waals surface area contributed by atoms with Gasteiger partial charge in [-0.05, 0) is 48.1 Å². The van der Waals surface area contributed by atoms with Gasteiger partial charge in [-0.3, -0.25) is 34.1 Å². The largest absolute Gasteiger partial charge is 0.469 e. The Bertz CT molecular complexity index is 1290. The maximum Gasteiger partial charge on any atom is 0.323 e. The van der Waals surface area contributed by atoms with Crippen LogP contribution in [0.4, 0.5) is 5.69 Å². The van der Waals surface area contributed by atoms with E-state index < -0.39 is 17.9 Å². The summed E-state index contributed by atoms with van der Waals surface area (Å²) in [5, 5.41) is 5.67. The number of benzene rings is 2. The number of esters is 2. The minimum atomic E-state index is -0.621. The van der Waals surface area contributed by atoms with E-state index in [1.54, 1.807) is 18.2 Å². The lowest BCUT2D eigenvalue weighted by atomic mass is 9.82. The quantitative estimate of drug-likeness (QED) is 0.291. The second-order valence-corrected chi connectivity index (χ2v) is 11.1. The van der Waals surface area contributed by atoms with Gasteiger partial charge >= 0.3 is 11.9 Å². The van der Waals surface area contributed by atoms with Crippen LogP contribution in [-0.4, -0.2) is 62.0 Å². The summed E-state index contributed by atoms with van der Waals surface area (Å²) in [5.74, 6) is -2.51. The number of Topliss-reactive ketones (excluding diaryl/α,β-unsaturated/α-hetero) is 1. The fourth-order valence-corrected chi connectivity index (χ4v) is 5.00. The number of hydrogen-bond acceptors (Lipinski definition) is 9. The molecule has 0 unspecified atom stereocenters. The highest BCUT2D eigenvalue weighted by Crippen LogP contribution is 2.30. The molecule has 0 radical (unpaired) electrons. The number of fused-ring (bicyclic) bond motifs is 2. The molecule has 1 aliphatic carbocycles. The van der Waals surface area contributed by atoms with Crippen molar-refractivity contribution in [3.05, 3.63) is 64.2 Å². The number of anilines is 1. The van der Waals surface area contributed by atoms with Crippen LogP contribution in [0.2, 0.25) is 0 Å². The number of amides is 1. The van der Waals surface area contributed by atoms with Gasteiger partial charge in [0, 0.05) is 40.8 Å². The van der Waals surface area contributed by atoms with Gasteiger partial charge in [-0.15, -0.1) is 0 Å². The van der Waals surface area contributed by atoms with E-state index in [1.165, 1.54) is 32.4 Å². The van der Waals surface area contributed by atoms with Gasteiger partial charge < -0.3 is 14.8 Å². The smallest absolute Gasteiger partial charge is 0.323 e. The fraction of sp³-hybridized carbons (Fsp3) is 0.438. The number of carbonyl (C=O) groups excluding carboxylic acids is 6. The van der Waals surface area contributed by atoms with Gasteiger partial charge in [0.05, 0.1) is 26.7 Å². The molecule has 2 atom stereocenters. The number of hydrogen-bond donors (Lipinski definition) is 2. The van der Waals surface area contributed by atoms with Crippen LogP contribution in [0, 0.1) is 17.8 Å². The third-order valence-electron chi connectivity index (χ3n) is 7.40. The van der Waals surface area contributed by atoms with Gasteiger partial charge in [0.15, 0.2) is 17.3 Å². The van der Waals surface area contributed by atoms with Crippen LogP contribution < -0.4 is 10.6 Å². The van der Waals surface area contributed by atoms with Crippen molar-refractivity contribution >= 4 is 40.9 Å². The van der Waals surface area contributed by atoms with Crippen molar-refractivity contribution in [2.75, 3.05) is 26.1 Å². The topological polar surface area (TPSA) is 145 Å². The molecular weight excluding hydrogens is 540 g/mol. The SMILES string of the molecule is COC(=O)[C@@H](CCC(=O)Nc1ccc2c(c1)C(=O)c1ccc(CC(=O)CN[C@H](C(=O)OC)C(C)C)cc1C2=O)C(C)C. The summed E-state index contributed by atoms with van der Waals surface area (Å²) in [5.41, 5.74) is 1.74. The van der Waals surface area contributed by atoms with Crippen LogP contribution in [-0.2, 0) is 35.1 Å². The van der Waals surface area contributed by atoms with Crippen molar-refractivity contribution in [2.24, 2.45) is 17.8 Å². The molecule has 2 N–H and O–H groups in total. The molecule has 0 heterocycles. The standard InChI is InChI=1S/C32H38N2O8/c1-17(2)22(31(39)41-5)11-12-27(36)34-20-8-10-24-26(15-20)30(38)23-9-7-19(14-25(23)29(24)37)13-21(35)16-33-28(18(3)4)32(40)42-6/h7-10,14-15,17-18,22,28,33H,11-13,16H2,1-6H3,(H,34,36)/t22-,28-/m0/s1. The summed E-state index contributed by atoms with van der Waals surface area (Å²) < 4.78 is 9.61.